The van der Waals surface area contributed by atoms with E-state index in [0.29, 0.717) is 19.1 Å². The molecule has 3 aliphatic rings. The average molecular weight is 361 g/mol. The molecule has 0 bridgehead atoms. The number of aryl methyl sites for hydroxylation is 2. The summed E-state index contributed by atoms with van der Waals surface area (Å²) in [7, 11) is 0. The van der Waals surface area contributed by atoms with Gasteiger partial charge in [0.25, 0.3) is 0 Å². The van der Waals surface area contributed by atoms with E-state index in [4.69, 9.17) is 9.26 Å². The number of aromatic nitrogens is 1. The van der Waals surface area contributed by atoms with E-state index in [1.54, 1.807) is 0 Å². The van der Waals surface area contributed by atoms with Crippen LogP contribution in [-0.2, 0) is 16.1 Å². The van der Waals surface area contributed by atoms with Crippen LogP contribution in [0.2, 0.25) is 0 Å². The molecule has 0 radical (unpaired) electrons. The lowest BCUT2D eigenvalue weighted by atomic mass is 9.77. The van der Waals surface area contributed by atoms with Crippen molar-refractivity contribution >= 4 is 5.91 Å². The third-order valence-electron chi connectivity index (χ3n) is 6.59. The molecule has 3 saturated heterocycles. The van der Waals surface area contributed by atoms with E-state index in [1.165, 1.54) is 19.3 Å². The third kappa shape index (κ3) is 3.67. The third-order valence-corrected chi connectivity index (χ3v) is 6.59. The van der Waals surface area contributed by atoms with Gasteiger partial charge < -0.3 is 19.1 Å². The Kier molecular flexibility index (Phi) is 5.06. The van der Waals surface area contributed by atoms with Crippen molar-refractivity contribution in [2.75, 3.05) is 32.8 Å². The number of piperidine rings is 1. The predicted octanol–water partition coefficient (Wildman–Crippen LogP) is 2.68. The number of rotatable bonds is 4. The molecule has 144 valence electrons. The molecule has 3 fully saturated rings. The van der Waals surface area contributed by atoms with Gasteiger partial charge in [0, 0.05) is 31.7 Å². The Hall–Kier alpha value is -1.40. The first-order chi connectivity index (χ1) is 12.5. The summed E-state index contributed by atoms with van der Waals surface area (Å²) in [4.78, 5) is 17.2. The summed E-state index contributed by atoms with van der Waals surface area (Å²) in [6, 6.07) is 0. The molecule has 26 heavy (non-hydrogen) atoms. The largest absolute Gasteiger partial charge is 0.377 e. The van der Waals surface area contributed by atoms with E-state index in [9.17, 15) is 4.79 Å². The molecule has 4 heterocycles. The maximum atomic E-state index is 12.6. The number of hydrogen-bond donors (Lipinski definition) is 0. The molecule has 1 unspecified atom stereocenters. The van der Waals surface area contributed by atoms with E-state index >= 15 is 0 Å². The van der Waals surface area contributed by atoms with E-state index in [-0.39, 0.29) is 11.3 Å². The van der Waals surface area contributed by atoms with Gasteiger partial charge in [-0.2, -0.15) is 0 Å². The van der Waals surface area contributed by atoms with Crippen LogP contribution in [0.15, 0.2) is 4.52 Å². The molecule has 1 atom stereocenters. The van der Waals surface area contributed by atoms with Gasteiger partial charge in [-0.25, -0.2) is 0 Å². The molecule has 0 saturated carbocycles. The minimum Gasteiger partial charge on any atom is -0.377 e. The summed E-state index contributed by atoms with van der Waals surface area (Å²) in [5.74, 6) is 1.12. The first-order valence-corrected chi connectivity index (χ1v) is 10.1. The highest BCUT2D eigenvalue weighted by Gasteiger charge is 2.45. The fourth-order valence-corrected chi connectivity index (χ4v) is 4.83. The number of ether oxygens (including phenoxy) is 1. The van der Waals surface area contributed by atoms with Crippen LogP contribution < -0.4 is 0 Å². The number of amides is 1. The van der Waals surface area contributed by atoms with Gasteiger partial charge in [0.1, 0.15) is 5.76 Å². The standard InChI is InChI=1S/C20H31N3O3/c1-15-18(16(2)26-21-15)13-23-14-20(11-19(23)24)6-8-22(9-7-20)12-17-5-3-4-10-25-17/h17H,3-14H2,1-2H3. The summed E-state index contributed by atoms with van der Waals surface area (Å²) in [5.41, 5.74) is 2.14. The van der Waals surface area contributed by atoms with Crippen molar-refractivity contribution < 1.29 is 14.1 Å². The molecular weight excluding hydrogens is 330 g/mol. The number of carbonyl (C=O) groups is 1. The number of hydrogen-bond acceptors (Lipinski definition) is 5. The van der Waals surface area contributed by atoms with Crippen LogP contribution in [0.4, 0.5) is 0 Å². The Morgan fingerprint density at radius 2 is 2.04 bits per heavy atom. The summed E-state index contributed by atoms with van der Waals surface area (Å²) >= 11 is 0. The van der Waals surface area contributed by atoms with Crippen molar-refractivity contribution in [3.8, 4) is 0 Å². The number of nitrogens with zero attached hydrogens (tertiary/aromatic N) is 3. The van der Waals surface area contributed by atoms with Gasteiger partial charge in [0.15, 0.2) is 0 Å². The van der Waals surface area contributed by atoms with E-state index in [2.05, 4.69) is 10.1 Å². The van der Waals surface area contributed by atoms with Crippen molar-refractivity contribution in [2.24, 2.45) is 5.41 Å². The number of likely N-dealkylation sites (tertiary alicyclic amines) is 2. The van der Waals surface area contributed by atoms with Gasteiger partial charge in [-0.05, 0) is 64.5 Å². The SMILES string of the molecule is Cc1noc(C)c1CN1CC2(CCN(CC3CCCCO3)CC2)CC1=O. The maximum absolute atomic E-state index is 12.6. The molecule has 1 aromatic rings. The van der Waals surface area contributed by atoms with Crippen LogP contribution in [-0.4, -0.2) is 59.8 Å². The molecule has 1 aromatic heterocycles. The zero-order chi connectivity index (χ0) is 18.1. The Morgan fingerprint density at radius 3 is 2.69 bits per heavy atom. The molecular formula is C20H31N3O3. The second-order valence-corrected chi connectivity index (χ2v) is 8.52. The quantitative estimate of drug-likeness (QED) is 0.825. The second-order valence-electron chi connectivity index (χ2n) is 8.52. The first-order valence-electron chi connectivity index (χ1n) is 10.1. The Bertz CT molecular complexity index is 623. The monoisotopic (exact) mass is 361 g/mol. The first kappa shape index (κ1) is 18.0. The predicted molar refractivity (Wildman–Crippen MR) is 97.7 cm³/mol. The highest BCUT2D eigenvalue weighted by molar-refractivity contribution is 5.79. The van der Waals surface area contributed by atoms with Gasteiger partial charge in [0.05, 0.1) is 18.3 Å². The van der Waals surface area contributed by atoms with Crippen LogP contribution in [0.3, 0.4) is 0 Å². The van der Waals surface area contributed by atoms with Crippen LogP contribution in [0.25, 0.3) is 0 Å². The van der Waals surface area contributed by atoms with Crippen LogP contribution in [0.1, 0.15) is 55.5 Å². The van der Waals surface area contributed by atoms with E-state index in [1.807, 2.05) is 18.7 Å². The second kappa shape index (κ2) is 7.31. The Morgan fingerprint density at radius 1 is 1.23 bits per heavy atom. The van der Waals surface area contributed by atoms with Crippen molar-refractivity contribution in [2.45, 2.75) is 65.0 Å². The number of carbonyl (C=O) groups excluding carboxylic acids is 1. The highest BCUT2D eigenvalue weighted by Crippen LogP contribution is 2.41. The zero-order valence-corrected chi connectivity index (χ0v) is 16.1. The topological polar surface area (TPSA) is 58.8 Å². The molecule has 1 spiro atoms. The molecule has 4 rings (SSSR count). The van der Waals surface area contributed by atoms with Crippen LogP contribution in [0.5, 0.6) is 0 Å². The lowest BCUT2D eigenvalue weighted by Crippen LogP contribution is -2.45. The molecule has 6 heteroatoms. The minimum absolute atomic E-state index is 0.167. The summed E-state index contributed by atoms with van der Waals surface area (Å²) in [6.45, 7) is 9.56. The molecule has 3 aliphatic heterocycles. The summed E-state index contributed by atoms with van der Waals surface area (Å²) in [6.07, 6.45) is 7.05. The molecule has 1 amide bonds. The molecule has 0 aliphatic carbocycles. The van der Waals surface area contributed by atoms with Crippen LogP contribution >= 0.6 is 0 Å². The lowest BCUT2D eigenvalue weighted by Gasteiger charge is -2.40. The maximum Gasteiger partial charge on any atom is 0.223 e. The molecule has 6 nitrogen and oxygen atoms in total. The van der Waals surface area contributed by atoms with Crippen LogP contribution in [0, 0.1) is 19.3 Å². The smallest absolute Gasteiger partial charge is 0.223 e. The zero-order valence-electron chi connectivity index (χ0n) is 16.1. The van der Waals surface area contributed by atoms with Crippen molar-refractivity contribution in [3.63, 3.8) is 0 Å². The highest BCUT2D eigenvalue weighted by atomic mass is 16.5. The average Bonchev–Trinajstić information content (AvgIpc) is 3.12. The fourth-order valence-electron chi connectivity index (χ4n) is 4.83. The van der Waals surface area contributed by atoms with Crippen molar-refractivity contribution in [1.82, 2.24) is 15.0 Å². The van der Waals surface area contributed by atoms with E-state index < -0.39 is 0 Å². The molecule has 0 N–H and O–H groups in total. The lowest BCUT2D eigenvalue weighted by molar-refractivity contribution is -0.128. The fraction of sp³-hybridized carbons (Fsp3) is 0.800. The summed E-state index contributed by atoms with van der Waals surface area (Å²) < 4.78 is 11.2. The van der Waals surface area contributed by atoms with E-state index in [0.717, 1.165) is 62.6 Å². The molecule has 0 aromatic carbocycles. The van der Waals surface area contributed by atoms with Gasteiger partial charge >= 0.3 is 0 Å². The minimum atomic E-state index is 0.167. The van der Waals surface area contributed by atoms with Gasteiger partial charge in [-0.1, -0.05) is 5.16 Å². The van der Waals surface area contributed by atoms with Gasteiger partial charge in [0.2, 0.25) is 5.91 Å². The Labute approximate surface area is 155 Å². The Balaban J connectivity index is 1.32. The normalized spacial score (nSPS) is 26.8. The van der Waals surface area contributed by atoms with Gasteiger partial charge in [-0.3, -0.25) is 4.79 Å². The van der Waals surface area contributed by atoms with Crippen molar-refractivity contribution in [3.05, 3.63) is 17.0 Å². The van der Waals surface area contributed by atoms with Crippen molar-refractivity contribution in [1.29, 1.82) is 0 Å². The summed E-state index contributed by atoms with van der Waals surface area (Å²) in [5, 5.41) is 4.02. The van der Waals surface area contributed by atoms with Gasteiger partial charge in [-0.15, -0.1) is 0 Å².